The van der Waals surface area contributed by atoms with E-state index in [-0.39, 0.29) is 6.73 Å². The first-order chi connectivity index (χ1) is 5.85. The minimum absolute atomic E-state index is 0.116. The lowest BCUT2D eigenvalue weighted by molar-refractivity contribution is 0.257. The van der Waals surface area contributed by atoms with Gasteiger partial charge >= 0.3 is 0 Å². The van der Waals surface area contributed by atoms with Gasteiger partial charge in [0.2, 0.25) is 0 Å². The number of hydrogen-bond donors (Lipinski definition) is 2. The average molecular weight is 173 g/mol. The van der Waals surface area contributed by atoms with Gasteiger partial charge in [0.25, 0.3) is 0 Å². The van der Waals surface area contributed by atoms with E-state index in [0.29, 0.717) is 0 Å². The SMILES string of the molecule is CCCC(CC)CCCNCO. The second kappa shape index (κ2) is 9.01. The number of aliphatic hydroxyl groups excluding tert-OH is 1. The molecular weight excluding hydrogens is 150 g/mol. The lowest BCUT2D eigenvalue weighted by Gasteiger charge is -2.12. The van der Waals surface area contributed by atoms with E-state index in [1.165, 1.54) is 32.1 Å². The molecule has 0 heterocycles. The molecule has 0 saturated carbocycles. The maximum atomic E-state index is 8.48. The molecule has 0 aromatic heterocycles. The summed E-state index contributed by atoms with van der Waals surface area (Å²) in [6.07, 6.45) is 6.45. The molecule has 0 spiro atoms. The van der Waals surface area contributed by atoms with E-state index in [2.05, 4.69) is 19.2 Å². The van der Waals surface area contributed by atoms with Crippen LogP contribution in [0.3, 0.4) is 0 Å². The normalized spacial score (nSPS) is 13.2. The standard InChI is InChI=1S/C10H23NO/c1-3-6-10(4-2)7-5-8-11-9-12/h10-12H,3-9H2,1-2H3. The molecule has 0 saturated heterocycles. The van der Waals surface area contributed by atoms with Gasteiger partial charge in [-0.2, -0.15) is 0 Å². The van der Waals surface area contributed by atoms with Crippen molar-refractivity contribution in [2.75, 3.05) is 13.3 Å². The molecule has 74 valence electrons. The van der Waals surface area contributed by atoms with Crippen molar-refractivity contribution in [1.82, 2.24) is 5.32 Å². The molecule has 0 radical (unpaired) electrons. The topological polar surface area (TPSA) is 32.3 Å². The Bertz CT molecular complexity index is 85.9. The second-order valence-electron chi connectivity index (χ2n) is 3.36. The monoisotopic (exact) mass is 173 g/mol. The Hall–Kier alpha value is -0.0800. The van der Waals surface area contributed by atoms with Gasteiger partial charge in [-0.1, -0.05) is 33.1 Å². The van der Waals surface area contributed by atoms with Crippen LogP contribution in [0.1, 0.15) is 46.0 Å². The summed E-state index contributed by atoms with van der Waals surface area (Å²) in [6.45, 7) is 5.58. The van der Waals surface area contributed by atoms with Crippen LogP contribution in [-0.2, 0) is 0 Å². The summed E-state index contributed by atoms with van der Waals surface area (Å²) in [6, 6.07) is 0. The Morgan fingerprint density at radius 1 is 1.25 bits per heavy atom. The van der Waals surface area contributed by atoms with E-state index in [1.807, 2.05) is 0 Å². The Balaban J connectivity index is 3.19. The fraction of sp³-hybridized carbons (Fsp3) is 1.00. The summed E-state index contributed by atoms with van der Waals surface area (Å²) in [5, 5.41) is 11.4. The summed E-state index contributed by atoms with van der Waals surface area (Å²) < 4.78 is 0. The molecule has 2 N–H and O–H groups in total. The fourth-order valence-corrected chi connectivity index (χ4v) is 1.56. The minimum atomic E-state index is 0.116. The smallest absolute Gasteiger partial charge is 0.0931 e. The molecule has 12 heavy (non-hydrogen) atoms. The maximum absolute atomic E-state index is 8.48. The first-order valence-electron chi connectivity index (χ1n) is 5.16. The lowest BCUT2D eigenvalue weighted by atomic mass is 9.95. The van der Waals surface area contributed by atoms with E-state index in [4.69, 9.17) is 5.11 Å². The Morgan fingerprint density at radius 3 is 2.50 bits per heavy atom. The van der Waals surface area contributed by atoms with Crippen molar-refractivity contribution in [3.63, 3.8) is 0 Å². The van der Waals surface area contributed by atoms with E-state index >= 15 is 0 Å². The van der Waals surface area contributed by atoms with Crippen LogP contribution in [0.25, 0.3) is 0 Å². The largest absolute Gasteiger partial charge is 0.381 e. The second-order valence-corrected chi connectivity index (χ2v) is 3.36. The molecule has 0 fully saturated rings. The van der Waals surface area contributed by atoms with Crippen molar-refractivity contribution in [3.8, 4) is 0 Å². The maximum Gasteiger partial charge on any atom is 0.0931 e. The van der Waals surface area contributed by atoms with Gasteiger partial charge in [-0.25, -0.2) is 0 Å². The highest BCUT2D eigenvalue weighted by molar-refractivity contribution is 4.57. The van der Waals surface area contributed by atoms with Crippen molar-refractivity contribution in [3.05, 3.63) is 0 Å². The molecule has 0 rings (SSSR count). The van der Waals surface area contributed by atoms with E-state index in [0.717, 1.165) is 12.5 Å². The van der Waals surface area contributed by atoms with Crippen LogP contribution in [0.5, 0.6) is 0 Å². The highest BCUT2D eigenvalue weighted by Gasteiger charge is 2.03. The molecule has 1 atom stereocenters. The van der Waals surface area contributed by atoms with E-state index in [9.17, 15) is 0 Å². The molecule has 0 amide bonds. The zero-order valence-electron chi connectivity index (χ0n) is 8.47. The average Bonchev–Trinajstić information content (AvgIpc) is 2.10. The summed E-state index contributed by atoms with van der Waals surface area (Å²) in [5.41, 5.74) is 0. The molecule has 0 aromatic carbocycles. The van der Waals surface area contributed by atoms with Crippen LogP contribution in [0.15, 0.2) is 0 Å². The van der Waals surface area contributed by atoms with Crippen molar-refractivity contribution in [2.45, 2.75) is 46.0 Å². The fourth-order valence-electron chi connectivity index (χ4n) is 1.56. The van der Waals surface area contributed by atoms with Gasteiger partial charge in [-0.15, -0.1) is 0 Å². The number of hydrogen-bond acceptors (Lipinski definition) is 2. The third kappa shape index (κ3) is 6.62. The van der Waals surface area contributed by atoms with E-state index in [1.54, 1.807) is 0 Å². The summed E-state index contributed by atoms with van der Waals surface area (Å²) in [5.74, 6) is 0.899. The first-order valence-corrected chi connectivity index (χ1v) is 5.16. The Labute approximate surface area is 76.4 Å². The Kier molecular flexibility index (Phi) is 8.95. The molecule has 0 bridgehead atoms. The Morgan fingerprint density at radius 2 is 2.00 bits per heavy atom. The van der Waals surface area contributed by atoms with Gasteiger partial charge in [-0.3, -0.25) is 5.32 Å². The number of nitrogens with one attached hydrogen (secondary N) is 1. The summed E-state index contributed by atoms with van der Waals surface area (Å²) in [4.78, 5) is 0. The van der Waals surface area contributed by atoms with Crippen LogP contribution in [0.2, 0.25) is 0 Å². The third-order valence-corrected chi connectivity index (χ3v) is 2.35. The third-order valence-electron chi connectivity index (χ3n) is 2.35. The van der Waals surface area contributed by atoms with Crippen molar-refractivity contribution >= 4 is 0 Å². The van der Waals surface area contributed by atoms with Crippen molar-refractivity contribution in [1.29, 1.82) is 0 Å². The molecular formula is C10H23NO. The highest BCUT2D eigenvalue weighted by Crippen LogP contribution is 2.16. The molecule has 0 aliphatic heterocycles. The zero-order chi connectivity index (χ0) is 9.23. The van der Waals surface area contributed by atoms with Crippen molar-refractivity contribution in [2.24, 2.45) is 5.92 Å². The predicted octanol–water partition coefficient (Wildman–Crippen LogP) is 2.13. The quantitative estimate of drug-likeness (QED) is 0.435. The minimum Gasteiger partial charge on any atom is -0.381 e. The van der Waals surface area contributed by atoms with Crippen LogP contribution >= 0.6 is 0 Å². The zero-order valence-corrected chi connectivity index (χ0v) is 8.47. The van der Waals surface area contributed by atoms with E-state index < -0.39 is 0 Å². The number of rotatable bonds is 8. The van der Waals surface area contributed by atoms with Crippen molar-refractivity contribution < 1.29 is 5.11 Å². The van der Waals surface area contributed by atoms with Gasteiger partial charge in [0, 0.05) is 0 Å². The summed E-state index contributed by atoms with van der Waals surface area (Å²) >= 11 is 0. The molecule has 0 aliphatic rings. The molecule has 2 heteroatoms. The van der Waals surface area contributed by atoms with Gasteiger partial charge < -0.3 is 5.11 Å². The molecule has 0 aromatic rings. The molecule has 0 aliphatic carbocycles. The van der Waals surface area contributed by atoms with Crippen LogP contribution in [0.4, 0.5) is 0 Å². The van der Waals surface area contributed by atoms with Crippen LogP contribution < -0.4 is 5.32 Å². The lowest BCUT2D eigenvalue weighted by Crippen LogP contribution is -2.16. The first kappa shape index (κ1) is 11.9. The predicted molar refractivity (Wildman–Crippen MR) is 53.0 cm³/mol. The van der Waals surface area contributed by atoms with Crippen LogP contribution in [0, 0.1) is 5.92 Å². The molecule has 2 nitrogen and oxygen atoms in total. The molecule has 1 unspecified atom stereocenters. The van der Waals surface area contributed by atoms with Gasteiger partial charge in [0.15, 0.2) is 0 Å². The summed E-state index contributed by atoms with van der Waals surface area (Å²) in [7, 11) is 0. The van der Waals surface area contributed by atoms with Crippen LogP contribution in [-0.4, -0.2) is 18.4 Å². The number of aliphatic hydroxyl groups is 1. The van der Waals surface area contributed by atoms with Gasteiger partial charge in [-0.05, 0) is 25.3 Å². The van der Waals surface area contributed by atoms with Gasteiger partial charge in [0.05, 0.1) is 6.73 Å². The highest BCUT2D eigenvalue weighted by atomic mass is 16.3. The van der Waals surface area contributed by atoms with Gasteiger partial charge in [0.1, 0.15) is 0 Å².